The number of aromatic nitrogens is 2. The molecular weight excluding hydrogens is 256 g/mol. The summed E-state index contributed by atoms with van der Waals surface area (Å²) < 4.78 is 12.3. The highest BCUT2D eigenvalue weighted by atomic mass is 16.7. The lowest BCUT2D eigenvalue weighted by Gasteiger charge is -2.37. The Morgan fingerprint density at radius 1 is 1.58 bits per heavy atom. The van der Waals surface area contributed by atoms with Gasteiger partial charge >= 0.3 is 5.69 Å². The number of fused-ring (bicyclic) bond motifs is 2. The fraction of sp³-hybridized carbons (Fsp3) is 0.636. The normalized spacial score (nSPS) is 40.8. The predicted octanol–water partition coefficient (Wildman–Crippen LogP) is -2.27. The summed E-state index contributed by atoms with van der Waals surface area (Å²) in [5, 5.41) is 19.5. The molecule has 3 heterocycles. The third kappa shape index (κ3) is 1.48. The van der Waals surface area contributed by atoms with Gasteiger partial charge in [-0.2, -0.15) is 0 Å². The number of aliphatic hydroxyl groups is 2. The highest BCUT2D eigenvalue weighted by Gasteiger charge is 2.67. The average molecular weight is 270 g/mol. The van der Waals surface area contributed by atoms with Crippen molar-refractivity contribution in [2.24, 2.45) is 0 Å². The van der Waals surface area contributed by atoms with E-state index in [9.17, 15) is 19.8 Å². The molecule has 4 atom stereocenters. The van der Waals surface area contributed by atoms with Crippen LogP contribution in [0.5, 0.6) is 0 Å². The first-order valence-corrected chi connectivity index (χ1v) is 5.86. The van der Waals surface area contributed by atoms with Gasteiger partial charge in [0.15, 0.2) is 5.72 Å². The minimum Gasteiger partial charge on any atom is -0.393 e. The SMILES string of the molecule is C[C@@]1(n2ccc(=O)[nH]c2=O)O[C@@]2(CO)CO[C@@H]1[C@@H]2O. The Labute approximate surface area is 107 Å². The van der Waals surface area contributed by atoms with E-state index in [0.717, 1.165) is 4.57 Å². The first-order chi connectivity index (χ1) is 8.93. The van der Waals surface area contributed by atoms with Crippen LogP contribution < -0.4 is 11.2 Å². The topological polar surface area (TPSA) is 114 Å². The fourth-order valence-corrected chi connectivity index (χ4v) is 2.81. The largest absolute Gasteiger partial charge is 0.393 e. The molecule has 2 fully saturated rings. The Bertz CT molecular complexity index is 624. The zero-order valence-corrected chi connectivity index (χ0v) is 10.2. The van der Waals surface area contributed by atoms with Gasteiger partial charge in [0.05, 0.1) is 13.2 Å². The molecule has 2 aliphatic heterocycles. The molecule has 0 saturated carbocycles. The molecule has 0 aliphatic carbocycles. The minimum atomic E-state index is -1.28. The van der Waals surface area contributed by atoms with E-state index in [-0.39, 0.29) is 6.61 Å². The van der Waals surface area contributed by atoms with Gasteiger partial charge in [-0.25, -0.2) is 4.79 Å². The monoisotopic (exact) mass is 270 g/mol. The Kier molecular flexibility index (Phi) is 2.49. The predicted molar refractivity (Wildman–Crippen MR) is 61.6 cm³/mol. The highest BCUT2D eigenvalue weighted by Crippen LogP contribution is 2.47. The summed E-state index contributed by atoms with van der Waals surface area (Å²) in [5.74, 6) is 0. The van der Waals surface area contributed by atoms with E-state index >= 15 is 0 Å². The van der Waals surface area contributed by atoms with Crippen LogP contribution in [0.4, 0.5) is 0 Å². The van der Waals surface area contributed by atoms with Crippen molar-refractivity contribution in [1.29, 1.82) is 0 Å². The molecule has 2 aliphatic rings. The Morgan fingerprint density at radius 3 is 2.89 bits per heavy atom. The number of ether oxygens (including phenoxy) is 2. The Morgan fingerprint density at radius 2 is 2.32 bits per heavy atom. The second kappa shape index (κ2) is 3.76. The number of H-pyrrole nitrogens is 1. The van der Waals surface area contributed by atoms with Gasteiger partial charge in [0.1, 0.15) is 17.8 Å². The van der Waals surface area contributed by atoms with Crippen molar-refractivity contribution in [3.8, 4) is 0 Å². The molecule has 104 valence electrons. The minimum absolute atomic E-state index is 0.0586. The molecule has 0 amide bonds. The molecule has 8 heteroatoms. The molecule has 2 bridgehead atoms. The average Bonchev–Trinajstić information content (AvgIpc) is 2.78. The molecule has 1 aromatic rings. The molecule has 8 nitrogen and oxygen atoms in total. The summed E-state index contributed by atoms with van der Waals surface area (Å²) >= 11 is 0. The fourth-order valence-electron chi connectivity index (χ4n) is 2.81. The molecule has 0 aromatic carbocycles. The van der Waals surface area contributed by atoms with Crippen molar-refractivity contribution in [3.63, 3.8) is 0 Å². The number of aromatic amines is 1. The van der Waals surface area contributed by atoms with Gasteiger partial charge in [-0.05, 0) is 6.92 Å². The standard InChI is InChI=1S/C11H14N2O6/c1-10(13-3-2-6(15)12-9(13)17)8-7(16)11(4-14,19-10)5-18-8/h2-3,7-8,14,16H,4-5H2,1H3,(H,12,15,17)/t7-,8+,10+,11-/m0/s1. The molecule has 0 radical (unpaired) electrons. The van der Waals surface area contributed by atoms with Gasteiger partial charge in [-0.15, -0.1) is 0 Å². The van der Waals surface area contributed by atoms with Crippen molar-refractivity contribution in [2.45, 2.75) is 30.5 Å². The van der Waals surface area contributed by atoms with Gasteiger partial charge in [0.2, 0.25) is 0 Å². The van der Waals surface area contributed by atoms with Crippen LogP contribution in [0, 0.1) is 0 Å². The molecule has 2 saturated heterocycles. The molecule has 0 unspecified atom stereocenters. The molecule has 0 spiro atoms. The van der Waals surface area contributed by atoms with Gasteiger partial charge in [-0.3, -0.25) is 14.3 Å². The van der Waals surface area contributed by atoms with E-state index in [1.54, 1.807) is 6.92 Å². The first-order valence-electron chi connectivity index (χ1n) is 5.86. The maximum absolute atomic E-state index is 11.8. The van der Waals surface area contributed by atoms with Crippen molar-refractivity contribution >= 4 is 0 Å². The summed E-state index contributed by atoms with van der Waals surface area (Å²) in [6.07, 6.45) is -0.548. The first kappa shape index (κ1) is 12.5. The van der Waals surface area contributed by atoms with Gasteiger partial charge in [0, 0.05) is 12.3 Å². The molecule has 1 aromatic heterocycles. The lowest BCUT2D eigenvalue weighted by Crippen LogP contribution is -2.53. The summed E-state index contributed by atoms with van der Waals surface area (Å²) in [4.78, 5) is 25.0. The van der Waals surface area contributed by atoms with Crippen LogP contribution in [0.15, 0.2) is 21.9 Å². The second-order valence-corrected chi connectivity index (χ2v) is 5.04. The van der Waals surface area contributed by atoms with Gasteiger partial charge in [-0.1, -0.05) is 0 Å². The van der Waals surface area contributed by atoms with Crippen molar-refractivity contribution in [1.82, 2.24) is 9.55 Å². The highest BCUT2D eigenvalue weighted by molar-refractivity contribution is 5.11. The number of aliphatic hydroxyl groups excluding tert-OH is 2. The Balaban J connectivity index is 2.11. The zero-order chi connectivity index (χ0) is 13.8. The van der Waals surface area contributed by atoms with Crippen molar-refractivity contribution < 1.29 is 19.7 Å². The second-order valence-electron chi connectivity index (χ2n) is 5.04. The van der Waals surface area contributed by atoms with Crippen LogP contribution in [-0.4, -0.2) is 50.8 Å². The smallest absolute Gasteiger partial charge is 0.330 e. The summed E-state index contributed by atoms with van der Waals surface area (Å²) in [7, 11) is 0. The lowest BCUT2D eigenvalue weighted by molar-refractivity contribution is -0.243. The van der Waals surface area contributed by atoms with Gasteiger partial charge in [0.25, 0.3) is 5.56 Å². The van der Waals surface area contributed by atoms with Crippen molar-refractivity contribution in [3.05, 3.63) is 33.1 Å². The number of hydrogen-bond acceptors (Lipinski definition) is 6. The van der Waals surface area contributed by atoms with E-state index in [1.807, 2.05) is 0 Å². The third-order valence-electron chi connectivity index (χ3n) is 3.84. The Hall–Kier alpha value is -1.48. The van der Waals surface area contributed by atoms with Gasteiger partial charge < -0.3 is 19.7 Å². The van der Waals surface area contributed by atoms with Crippen LogP contribution in [0.3, 0.4) is 0 Å². The van der Waals surface area contributed by atoms with Crippen LogP contribution in [0.2, 0.25) is 0 Å². The summed E-state index contributed by atoms with van der Waals surface area (Å²) in [5.41, 5.74) is -3.69. The zero-order valence-electron chi connectivity index (χ0n) is 10.2. The van der Waals surface area contributed by atoms with E-state index in [0.29, 0.717) is 0 Å². The van der Waals surface area contributed by atoms with E-state index in [1.165, 1.54) is 12.3 Å². The van der Waals surface area contributed by atoms with E-state index in [2.05, 4.69) is 4.98 Å². The van der Waals surface area contributed by atoms with Crippen LogP contribution in [0.25, 0.3) is 0 Å². The number of rotatable bonds is 2. The van der Waals surface area contributed by atoms with E-state index in [4.69, 9.17) is 9.47 Å². The maximum Gasteiger partial charge on any atom is 0.330 e. The molecule has 3 rings (SSSR count). The molecular formula is C11H14N2O6. The molecule has 3 N–H and O–H groups in total. The summed E-state index contributed by atoms with van der Waals surface area (Å²) in [6.45, 7) is 1.21. The third-order valence-corrected chi connectivity index (χ3v) is 3.84. The van der Waals surface area contributed by atoms with Crippen LogP contribution in [0.1, 0.15) is 6.92 Å². The summed E-state index contributed by atoms with van der Waals surface area (Å²) in [6, 6.07) is 1.18. The molecule has 19 heavy (non-hydrogen) atoms. The lowest BCUT2D eigenvalue weighted by atomic mass is 9.98. The maximum atomic E-state index is 11.8. The quantitative estimate of drug-likeness (QED) is 0.558. The number of nitrogens with zero attached hydrogens (tertiary/aromatic N) is 1. The number of hydrogen-bond donors (Lipinski definition) is 3. The van der Waals surface area contributed by atoms with Crippen LogP contribution >= 0.6 is 0 Å². The van der Waals surface area contributed by atoms with Crippen molar-refractivity contribution in [2.75, 3.05) is 13.2 Å². The van der Waals surface area contributed by atoms with Crippen LogP contribution in [-0.2, 0) is 15.2 Å². The number of nitrogens with one attached hydrogen (secondary N) is 1. The van der Waals surface area contributed by atoms with E-state index < -0.39 is 41.4 Å².